The number of hydrogen-bond donors (Lipinski definition) is 1. The van der Waals surface area contributed by atoms with Crippen molar-refractivity contribution in [2.45, 2.75) is 5.54 Å². The molecular weight excluding hydrogens is 284 g/mol. The van der Waals surface area contributed by atoms with Crippen LogP contribution in [0.4, 0.5) is 0 Å². The molecule has 1 saturated heterocycles. The molecule has 1 heterocycles. The highest BCUT2D eigenvalue weighted by molar-refractivity contribution is 7.82. The van der Waals surface area contributed by atoms with E-state index in [1.807, 2.05) is 48.3 Å². The van der Waals surface area contributed by atoms with Crippen LogP contribution in [0.5, 0.6) is 0 Å². The molecule has 0 saturated carbocycles. The lowest BCUT2D eigenvalue weighted by molar-refractivity contribution is 0.379. The molecule has 0 aromatic heterocycles. The van der Waals surface area contributed by atoms with Crippen LogP contribution in [0, 0.1) is 0 Å². The standard InChI is InChI=1S/C16H14N2S2/c1-18-15(20)17-14(19)16(18,12-8-4-2-5-9-12)13-10-6-3-7-11-13/h2-11H,1H3,(H,17,19,20). The van der Waals surface area contributed by atoms with Crippen molar-refractivity contribution in [3.8, 4) is 0 Å². The minimum atomic E-state index is -0.519. The third-order valence-electron chi connectivity index (χ3n) is 3.74. The largest absolute Gasteiger partial charge is 0.332 e. The van der Waals surface area contributed by atoms with Crippen molar-refractivity contribution in [1.29, 1.82) is 0 Å². The molecule has 0 amide bonds. The van der Waals surface area contributed by atoms with Crippen LogP contribution in [-0.2, 0) is 5.54 Å². The number of nitrogens with one attached hydrogen (secondary N) is 1. The van der Waals surface area contributed by atoms with E-state index in [0.29, 0.717) is 5.11 Å². The van der Waals surface area contributed by atoms with Crippen molar-refractivity contribution in [3.63, 3.8) is 0 Å². The molecule has 0 aliphatic carbocycles. The molecule has 1 aliphatic rings. The predicted molar refractivity (Wildman–Crippen MR) is 89.8 cm³/mol. The Balaban J connectivity index is 2.30. The Morgan fingerprint density at radius 2 is 1.30 bits per heavy atom. The topological polar surface area (TPSA) is 15.3 Å². The Hall–Kier alpha value is -1.78. The maximum Gasteiger partial charge on any atom is 0.174 e. The van der Waals surface area contributed by atoms with Crippen molar-refractivity contribution in [3.05, 3.63) is 71.8 Å². The second-order valence-corrected chi connectivity index (χ2v) is 5.56. The van der Waals surface area contributed by atoms with Gasteiger partial charge in [-0.2, -0.15) is 0 Å². The minimum absolute atomic E-state index is 0.519. The van der Waals surface area contributed by atoms with Crippen molar-refractivity contribution in [1.82, 2.24) is 10.2 Å². The first kappa shape index (κ1) is 13.2. The maximum absolute atomic E-state index is 5.63. The Morgan fingerprint density at radius 3 is 1.65 bits per heavy atom. The van der Waals surface area contributed by atoms with E-state index in [9.17, 15) is 0 Å². The Bertz CT molecular complexity index is 613. The number of nitrogens with zero attached hydrogens (tertiary/aromatic N) is 1. The van der Waals surface area contributed by atoms with Crippen molar-refractivity contribution in [2.75, 3.05) is 7.05 Å². The Labute approximate surface area is 129 Å². The normalized spacial score (nSPS) is 17.1. The molecule has 1 fully saturated rings. The first-order chi connectivity index (χ1) is 9.67. The molecule has 2 aromatic rings. The molecule has 1 N–H and O–H groups in total. The van der Waals surface area contributed by atoms with E-state index in [-0.39, 0.29) is 0 Å². The lowest BCUT2D eigenvalue weighted by Crippen LogP contribution is -2.45. The summed E-state index contributed by atoms with van der Waals surface area (Å²) in [5.41, 5.74) is 1.71. The number of rotatable bonds is 2. The van der Waals surface area contributed by atoms with Gasteiger partial charge in [0.2, 0.25) is 0 Å². The second kappa shape index (κ2) is 4.96. The third-order valence-corrected chi connectivity index (χ3v) is 4.51. The fraction of sp³-hybridized carbons (Fsp3) is 0.125. The lowest BCUT2D eigenvalue weighted by atomic mass is 9.82. The monoisotopic (exact) mass is 298 g/mol. The van der Waals surface area contributed by atoms with Gasteiger partial charge in [-0.15, -0.1) is 0 Å². The molecule has 0 spiro atoms. The lowest BCUT2D eigenvalue weighted by Gasteiger charge is -2.36. The van der Waals surface area contributed by atoms with Crippen LogP contribution >= 0.6 is 24.4 Å². The second-order valence-electron chi connectivity index (χ2n) is 4.76. The summed E-state index contributed by atoms with van der Waals surface area (Å²) in [6.07, 6.45) is 0. The molecule has 2 aromatic carbocycles. The zero-order chi connectivity index (χ0) is 14.2. The number of likely N-dealkylation sites (N-methyl/N-ethyl adjacent to an activating group) is 1. The van der Waals surface area contributed by atoms with Crippen LogP contribution < -0.4 is 5.32 Å². The van der Waals surface area contributed by atoms with E-state index in [1.165, 1.54) is 0 Å². The number of thiocarbonyl (C=S) groups is 2. The van der Waals surface area contributed by atoms with E-state index >= 15 is 0 Å². The van der Waals surface area contributed by atoms with E-state index < -0.39 is 5.54 Å². The SMILES string of the molecule is CN1C(=S)NC(=S)C1(c1ccccc1)c1ccccc1. The highest BCUT2D eigenvalue weighted by Gasteiger charge is 2.48. The van der Waals surface area contributed by atoms with Crippen LogP contribution in [0.15, 0.2) is 60.7 Å². The van der Waals surface area contributed by atoms with Gasteiger partial charge in [-0.1, -0.05) is 72.9 Å². The van der Waals surface area contributed by atoms with E-state index in [4.69, 9.17) is 24.4 Å². The molecule has 1 aliphatic heterocycles. The average Bonchev–Trinajstić information content (AvgIpc) is 2.72. The quantitative estimate of drug-likeness (QED) is 0.857. The van der Waals surface area contributed by atoms with Gasteiger partial charge in [0.05, 0.1) is 0 Å². The van der Waals surface area contributed by atoms with Crippen LogP contribution in [0.25, 0.3) is 0 Å². The summed E-state index contributed by atoms with van der Waals surface area (Å²) in [7, 11) is 1.98. The zero-order valence-corrected chi connectivity index (χ0v) is 12.7. The smallest absolute Gasteiger partial charge is 0.174 e. The van der Waals surface area contributed by atoms with Gasteiger partial charge >= 0.3 is 0 Å². The van der Waals surface area contributed by atoms with Gasteiger partial charge < -0.3 is 10.2 Å². The first-order valence-corrected chi connectivity index (χ1v) is 7.19. The summed E-state index contributed by atoms with van der Waals surface area (Å²) in [5, 5.41) is 3.80. The maximum atomic E-state index is 5.63. The van der Waals surface area contributed by atoms with E-state index in [2.05, 4.69) is 29.6 Å². The van der Waals surface area contributed by atoms with Gasteiger partial charge in [-0.25, -0.2) is 0 Å². The van der Waals surface area contributed by atoms with Crippen LogP contribution in [-0.4, -0.2) is 22.0 Å². The molecule has 3 rings (SSSR count). The minimum Gasteiger partial charge on any atom is -0.332 e. The van der Waals surface area contributed by atoms with Crippen LogP contribution in [0.1, 0.15) is 11.1 Å². The molecule has 0 bridgehead atoms. The Morgan fingerprint density at radius 1 is 0.850 bits per heavy atom. The van der Waals surface area contributed by atoms with Gasteiger partial charge in [0.25, 0.3) is 0 Å². The van der Waals surface area contributed by atoms with E-state index in [1.54, 1.807) is 0 Å². The van der Waals surface area contributed by atoms with Gasteiger partial charge in [0.15, 0.2) is 5.11 Å². The van der Waals surface area contributed by atoms with Crippen LogP contribution in [0.2, 0.25) is 0 Å². The summed E-state index contributed by atoms with van der Waals surface area (Å²) >= 11 is 11.0. The summed E-state index contributed by atoms with van der Waals surface area (Å²) < 4.78 is 0. The molecule has 0 atom stereocenters. The van der Waals surface area contributed by atoms with Crippen molar-refractivity contribution >= 4 is 34.5 Å². The first-order valence-electron chi connectivity index (χ1n) is 6.37. The number of benzene rings is 2. The summed E-state index contributed by atoms with van der Waals surface area (Å²) in [6.45, 7) is 0. The van der Waals surface area contributed by atoms with Gasteiger partial charge in [0.1, 0.15) is 10.5 Å². The highest BCUT2D eigenvalue weighted by Crippen LogP contribution is 2.39. The molecule has 2 nitrogen and oxygen atoms in total. The van der Waals surface area contributed by atoms with E-state index in [0.717, 1.165) is 16.1 Å². The van der Waals surface area contributed by atoms with Gasteiger partial charge in [0, 0.05) is 7.05 Å². The van der Waals surface area contributed by atoms with Crippen molar-refractivity contribution in [2.24, 2.45) is 0 Å². The van der Waals surface area contributed by atoms with Gasteiger partial charge in [-0.3, -0.25) is 0 Å². The average molecular weight is 298 g/mol. The third kappa shape index (κ3) is 1.76. The summed E-state index contributed by atoms with van der Waals surface area (Å²) in [6, 6.07) is 20.5. The van der Waals surface area contributed by atoms with Gasteiger partial charge in [-0.05, 0) is 23.3 Å². The fourth-order valence-corrected chi connectivity index (χ4v) is 3.52. The molecule has 0 radical (unpaired) electrons. The molecule has 20 heavy (non-hydrogen) atoms. The summed E-state index contributed by atoms with van der Waals surface area (Å²) in [5.74, 6) is 0. The highest BCUT2D eigenvalue weighted by atomic mass is 32.1. The van der Waals surface area contributed by atoms with Crippen LogP contribution in [0.3, 0.4) is 0 Å². The number of hydrogen-bond acceptors (Lipinski definition) is 2. The van der Waals surface area contributed by atoms with Crippen molar-refractivity contribution < 1.29 is 0 Å². The zero-order valence-electron chi connectivity index (χ0n) is 11.0. The molecule has 100 valence electrons. The molecular formula is C16H14N2S2. The molecule has 4 heteroatoms. The fourth-order valence-electron chi connectivity index (χ4n) is 2.75. The predicted octanol–water partition coefficient (Wildman–Crippen LogP) is 3.08. The summed E-state index contributed by atoms with van der Waals surface area (Å²) in [4.78, 5) is 2.76. The molecule has 0 unspecified atom stereocenters. The Kier molecular flexibility index (Phi) is 3.28.